The average molecular weight is 218 g/mol. The van der Waals surface area contributed by atoms with Crippen molar-refractivity contribution in [1.82, 2.24) is 15.3 Å². The molecule has 1 aromatic heterocycles. The predicted molar refractivity (Wildman–Crippen MR) is 63.5 cm³/mol. The largest absolute Gasteiger partial charge is 0.339 e. The summed E-state index contributed by atoms with van der Waals surface area (Å²) < 4.78 is 0. The lowest BCUT2D eigenvalue weighted by Crippen LogP contribution is -2.36. The fourth-order valence-corrected chi connectivity index (χ4v) is 2.67. The van der Waals surface area contributed by atoms with Gasteiger partial charge in [0.15, 0.2) is 0 Å². The monoisotopic (exact) mass is 218 g/mol. The maximum absolute atomic E-state index is 4.41. The average Bonchev–Trinajstić information content (AvgIpc) is 2.60. The molecule has 2 fully saturated rings. The van der Waals surface area contributed by atoms with Crippen molar-refractivity contribution in [2.45, 2.75) is 38.3 Å². The van der Waals surface area contributed by atoms with Crippen LogP contribution in [0.2, 0.25) is 0 Å². The lowest BCUT2D eigenvalue weighted by Gasteiger charge is -2.23. The molecule has 0 amide bonds. The molecule has 2 saturated heterocycles. The lowest BCUT2D eigenvalue weighted by atomic mass is 10.1. The molecule has 16 heavy (non-hydrogen) atoms. The van der Waals surface area contributed by atoms with E-state index < -0.39 is 0 Å². The van der Waals surface area contributed by atoms with E-state index in [0.717, 1.165) is 30.6 Å². The van der Waals surface area contributed by atoms with Crippen molar-refractivity contribution in [3.05, 3.63) is 18.0 Å². The van der Waals surface area contributed by atoms with Gasteiger partial charge in [-0.05, 0) is 31.7 Å². The summed E-state index contributed by atoms with van der Waals surface area (Å²) >= 11 is 0. The molecule has 86 valence electrons. The first-order valence-electron chi connectivity index (χ1n) is 6.11. The summed E-state index contributed by atoms with van der Waals surface area (Å²) in [4.78, 5) is 11.1. The molecule has 2 atom stereocenters. The molecule has 0 aromatic carbocycles. The smallest absolute Gasteiger partial charge is 0.225 e. The summed E-state index contributed by atoms with van der Waals surface area (Å²) in [5, 5.41) is 3.67. The summed E-state index contributed by atoms with van der Waals surface area (Å²) in [5.41, 5.74) is 1.12. The standard InChI is InChI=1S/C12H18N4/c1-9-6-13-12(14-7-9)16-5-4-10-2-3-11(8-16)15-10/h6-7,10-11,15H,2-5,8H2,1H3. The minimum Gasteiger partial charge on any atom is -0.339 e. The van der Waals surface area contributed by atoms with Crippen LogP contribution in [0.3, 0.4) is 0 Å². The van der Waals surface area contributed by atoms with Crippen LogP contribution in [0, 0.1) is 6.92 Å². The number of aryl methyl sites for hydroxylation is 1. The third-order valence-corrected chi connectivity index (χ3v) is 3.57. The van der Waals surface area contributed by atoms with Gasteiger partial charge in [-0.25, -0.2) is 9.97 Å². The van der Waals surface area contributed by atoms with Gasteiger partial charge < -0.3 is 10.2 Å². The van der Waals surface area contributed by atoms with Gasteiger partial charge in [0, 0.05) is 37.6 Å². The Balaban J connectivity index is 1.77. The van der Waals surface area contributed by atoms with E-state index in [1.807, 2.05) is 19.3 Å². The van der Waals surface area contributed by atoms with Crippen LogP contribution in [-0.2, 0) is 0 Å². The van der Waals surface area contributed by atoms with Crippen molar-refractivity contribution >= 4 is 5.95 Å². The number of nitrogens with zero attached hydrogens (tertiary/aromatic N) is 3. The molecule has 4 heteroatoms. The Labute approximate surface area is 96.1 Å². The number of hydrogen-bond donors (Lipinski definition) is 1. The Bertz CT molecular complexity index is 362. The predicted octanol–water partition coefficient (Wildman–Crippen LogP) is 1.12. The van der Waals surface area contributed by atoms with Crippen molar-refractivity contribution in [3.63, 3.8) is 0 Å². The van der Waals surface area contributed by atoms with E-state index in [1.54, 1.807) is 0 Å². The third kappa shape index (κ3) is 1.89. The van der Waals surface area contributed by atoms with Crippen molar-refractivity contribution in [2.24, 2.45) is 0 Å². The van der Waals surface area contributed by atoms with Crippen LogP contribution < -0.4 is 10.2 Å². The zero-order valence-corrected chi connectivity index (χ0v) is 9.69. The Morgan fingerprint density at radius 2 is 1.94 bits per heavy atom. The van der Waals surface area contributed by atoms with Crippen LogP contribution in [0.4, 0.5) is 5.95 Å². The van der Waals surface area contributed by atoms with E-state index in [0.29, 0.717) is 6.04 Å². The van der Waals surface area contributed by atoms with E-state index in [4.69, 9.17) is 0 Å². The van der Waals surface area contributed by atoms with Crippen LogP contribution in [0.25, 0.3) is 0 Å². The van der Waals surface area contributed by atoms with E-state index in [-0.39, 0.29) is 0 Å². The molecule has 2 aliphatic heterocycles. The number of nitrogens with one attached hydrogen (secondary N) is 1. The number of aromatic nitrogens is 2. The SMILES string of the molecule is Cc1cnc(N2CCC3CCC(C2)N3)nc1. The topological polar surface area (TPSA) is 41.1 Å². The van der Waals surface area contributed by atoms with Crippen LogP contribution >= 0.6 is 0 Å². The molecule has 3 heterocycles. The van der Waals surface area contributed by atoms with Crippen LogP contribution in [0.15, 0.2) is 12.4 Å². The first-order chi connectivity index (χ1) is 7.81. The quantitative estimate of drug-likeness (QED) is 0.767. The van der Waals surface area contributed by atoms with Crippen molar-refractivity contribution in [2.75, 3.05) is 18.0 Å². The number of fused-ring (bicyclic) bond motifs is 2. The Morgan fingerprint density at radius 3 is 2.75 bits per heavy atom. The van der Waals surface area contributed by atoms with Gasteiger partial charge in [-0.15, -0.1) is 0 Å². The molecule has 2 bridgehead atoms. The second-order valence-corrected chi connectivity index (χ2v) is 4.93. The first-order valence-corrected chi connectivity index (χ1v) is 6.11. The molecule has 0 spiro atoms. The lowest BCUT2D eigenvalue weighted by molar-refractivity contribution is 0.563. The molecule has 4 nitrogen and oxygen atoms in total. The molecular formula is C12H18N4. The van der Waals surface area contributed by atoms with E-state index in [1.165, 1.54) is 19.3 Å². The Hall–Kier alpha value is -1.16. The fourth-order valence-electron chi connectivity index (χ4n) is 2.67. The van der Waals surface area contributed by atoms with Gasteiger partial charge in [-0.3, -0.25) is 0 Å². The summed E-state index contributed by atoms with van der Waals surface area (Å²) in [5.74, 6) is 0.889. The van der Waals surface area contributed by atoms with E-state index in [9.17, 15) is 0 Å². The second-order valence-electron chi connectivity index (χ2n) is 4.93. The Morgan fingerprint density at radius 1 is 1.19 bits per heavy atom. The van der Waals surface area contributed by atoms with Gasteiger partial charge in [0.2, 0.25) is 5.95 Å². The molecule has 0 aliphatic carbocycles. The van der Waals surface area contributed by atoms with Crippen molar-refractivity contribution in [3.8, 4) is 0 Å². The highest BCUT2D eigenvalue weighted by molar-refractivity contribution is 5.31. The van der Waals surface area contributed by atoms with Gasteiger partial charge >= 0.3 is 0 Å². The highest BCUT2D eigenvalue weighted by Gasteiger charge is 2.29. The number of hydrogen-bond acceptors (Lipinski definition) is 4. The van der Waals surface area contributed by atoms with Crippen LogP contribution in [-0.4, -0.2) is 35.1 Å². The Kier molecular flexibility index (Phi) is 2.52. The summed E-state index contributed by atoms with van der Waals surface area (Å²) in [7, 11) is 0. The molecule has 1 aromatic rings. The fraction of sp³-hybridized carbons (Fsp3) is 0.667. The minimum atomic E-state index is 0.636. The molecular weight excluding hydrogens is 200 g/mol. The highest BCUT2D eigenvalue weighted by atomic mass is 15.3. The molecule has 0 radical (unpaired) electrons. The van der Waals surface area contributed by atoms with Gasteiger partial charge in [0.05, 0.1) is 0 Å². The summed E-state index contributed by atoms with van der Waals surface area (Å²) in [6, 6.07) is 1.36. The number of rotatable bonds is 1. The maximum atomic E-state index is 4.41. The minimum absolute atomic E-state index is 0.636. The highest BCUT2D eigenvalue weighted by Crippen LogP contribution is 2.22. The van der Waals surface area contributed by atoms with Crippen molar-refractivity contribution < 1.29 is 0 Å². The maximum Gasteiger partial charge on any atom is 0.225 e. The molecule has 3 rings (SSSR count). The van der Waals surface area contributed by atoms with Gasteiger partial charge in [0.1, 0.15) is 0 Å². The normalized spacial score (nSPS) is 29.2. The van der Waals surface area contributed by atoms with Crippen LogP contribution in [0.1, 0.15) is 24.8 Å². The zero-order valence-electron chi connectivity index (χ0n) is 9.69. The summed E-state index contributed by atoms with van der Waals surface area (Å²) in [6.07, 6.45) is 7.66. The summed E-state index contributed by atoms with van der Waals surface area (Å²) in [6.45, 7) is 4.16. The number of anilines is 1. The van der Waals surface area contributed by atoms with Gasteiger partial charge in [0.25, 0.3) is 0 Å². The van der Waals surface area contributed by atoms with Gasteiger partial charge in [-0.1, -0.05) is 0 Å². The second kappa shape index (κ2) is 4.01. The van der Waals surface area contributed by atoms with Gasteiger partial charge in [-0.2, -0.15) is 0 Å². The molecule has 2 aliphatic rings. The van der Waals surface area contributed by atoms with Crippen LogP contribution in [0.5, 0.6) is 0 Å². The van der Waals surface area contributed by atoms with E-state index in [2.05, 4.69) is 20.2 Å². The first kappa shape index (κ1) is 10.0. The zero-order chi connectivity index (χ0) is 11.0. The third-order valence-electron chi connectivity index (χ3n) is 3.57. The van der Waals surface area contributed by atoms with Crippen molar-refractivity contribution in [1.29, 1.82) is 0 Å². The molecule has 0 saturated carbocycles. The van der Waals surface area contributed by atoms with E-state index >= 15 is 0 Å². The molecule has 1 N–H and O–H groups in total. The molecule has 2 unspecified atom stereocenters.